The topological polar surface area (TPSA) is 50.8 Å². The molecule has 5 heteroatoms. The third-order valence-corrected chi connectivity index (χ3v) is 4.74. The Labute approximate surface area is 134 Å². The minimum atomic E-state index is -0.411. The van der Waals surface area contributed by atoms with Gasteiger partial charge in [0, 0.05) is 33.3 Å². The first-order valence-corrected chi connectivity index (χ1v) is 8.57. The number of amides is 1. The molecule has 2 heterocycles. The van der Waals surface area contributed by atoms with E-state index in [4.69, 9.17) is 9.47 Å². The molecule has 0 radical (unpaired) electrons. The van der Waals surface area contributed by atoms with E-state index in [-0.39, 0.29) is 11.7 Å². The Kier molecular flexibility index (Phi) is 5.72. The zero-order chi connectivity index (χ0) is 16.2. The van der Waals surface area contributed by atoms with Crippen LogP contribution in [-0.2, 0) is 9.47 Å². The highest BCUT2D eigenvalue weighted by molar-refractivity contribution is 5.68. The molecule has 22 heavy (non-hydrogen) atoms. The molecule has 1 amide bonds. The van der Waals surface area contributed by atoms with Crippen molar-refractivity contribution in [3.63, 3.8) is 0 Å². The molecule has 2 saturated heterocycles. The Balaban J connectivity index is 1.72. The summed E-state index contributed by atoms with van der Waals surface area (Å²) in [5.41, 5.74) is -0.342. The third-order valence-electron chi connectivity index (χ3n) is 4.74. The average molecular weight is 312 g/mol. The van der Waals surface area contributed by atoms with E-state index in [0.29, 0.717) is 5.92 Å². The number of hydrogen-bond donors (Lipinski definition) is 1. The number of nitrogens with one attached hydrogen (secondary N) is 1. The van der Waals surface area contributed by atoms with Gasteiger partial charge in [-0.3, -0.25) is 0 Å². The van der Waals surface area contributed by atoms with Gasteiger partial charge in [-0.05, 0) is 52.4 Å². The Hall–Kier alpha value is -0.810. The number of methoxy groups -OCH3 is 1. The lowest BCUT2D eigenvalue weighted by Gasteiger charge is -2.42. The van der Waals surface area contributed by atoms with Crippen LogP contribution in [0.2, 0.25) is 0 Å². The highest BCUT2D eigenvalue weighted by atomic mass is 16.6. The van der Waals surface area contributed by atoms with Crippen LogP contribution in [0, 0.1) is 5.92 Å². The molecule has 0 aromatic carbocycles. The number of rotatable bonds is 5. The van der Waals surface area contributed by atoms with E-state index in [1.54, 1.807) is 0 Å². The molecule has 1 unspecified atom stereocenters. The van der Waals surface area contributed by atoms with Gasteiger partial charge in [0.15, 0.2) is 0 Å². The van der Waals surface area contributed by atoms with E-state index in [1.165, 1.54) is 19.3 Å². The van der Waals surface area contributed by atoms with Crippen LogP contribution in [-0.4, -0.2) is 55.5 Å². The summed E-state index contributed by atoms with van der Waals surface area (Å²) in [5.74, 6) is 0.600. The molecule has 2 aliphatic heterocycles. The fourth-order valence-corrected chi connectivity index (χ4v) is 3.33. The SMILES string of the molecule is COC1(CCCC2CCCN(C(=O)OC(C)(C)C)C2)CNC1. The van der Waals surface area contributed by atoms with Gasteiger partial charge in [-0.2, -0.15) is 0 Å². The molecule has 1 N–H and O–H groups in total. The molecule has 128 valence electrons. The van der Waals surface area contributed by atoms with Crippen molar-refractivity contribution in [3.8, 4) is 0 Å². The van der Waals surface area contributed by atoms with Crippen molar-refractivity contribution in [3.05, 3.63) is 0 Å². The van der Waals surface area contributed by atoms with Crippen molar-refractivity contribution in [1.82, 2.24) is 10.2 Å². The lowest BCUT2D eigenvalue weighted by atomic mass is 9.86. The van der Waals surface area contributed by atoms with Crippen LogP contribution in [0.1, 0.15) is 52.9 Å². The number of nitrogens with zero attached hydrogens (tertiary/aromatic N) is 1. The largest absolute Gasteiger partial charge is 0.444 e. The lowest BCUT2D eigenvalue weighted by Crippen LogP contribution is -2.60. The van der Waals surface area contributed by atoms with Crippen LogP contribution < -0.4 is 5.32 Å². The number of hydrogen-bond acceptors (Lipinski definition) is 4. The van der Waals surface area contributed by atoms with E-state index in [0.717, 1.165) is 39.0 Å². The number of ether oxygens (including phenoxy) is 2. The van der Waals surface area contributed by atoms with Crippen LogP contribution in [0.25, 0.3) is 0 Å². The van der Waals surface area contributed by atoms with E-state index in [9.17, 15) is 4.79 Å². The summed E-state index contributed by atoms with van der Waals surface area (Å²) in [6.07, 6.45) is 5.60. The zero-order valence-corrected chi connectivity index (χ0v) is 14.6. The maximum atomic E-state index is 12.2. The number of piperidine rings is 1. The molecule has 0 saturated carbocycles. The molecule has 2 rings (SSSR count). The maximum Gasteiger partial charge on any atom is 0.410 e. The van der Waals surface area contributed by atoms with E-state index in [2.05, 4.69) is 5.32 Å². The molecule has 1 atom stereocenters. The molecule has 2 fully saturated rings. The number of carbonyl (C=O) groups is 1. The van der Waals surface area contributed by atoms with Crippen LogP contribution in [0.5, 0.6) is 0 Å². The normalized spacial score (nSPS) is 24.7. The van der Waals surface area contributed by atoms with Crippen molar-refractivity contribution < 1.29 is 14.3 Å². The van der Waals surface area contributed by atoms with Gasteiger partial charge < -0.3 is 19.7 Å². The van der Waals surface area contributed by atoms with Gasteiger partial charge in [0.25, 0.3) is 0 Å². The minimum absolute atomic E-state index is 0.0690. The molecular weight excluding hydrogens is 280 g/mol. The Morgan fingerprint density at radius 3 is 2.64 bits per heavy atom. The minimum Gasteiger partial charge on any atom is -0.444 e. The molecule has 0 bridgehead atoms. The molecule has 0 aliphatic carbocycles. The predicted octanol–water partition coefficient (Wildman–Crippen LogP) is 2.79. The third kappa shape index (κ3) is 4.85. The average Bonchev–Trinajstić information content (AvgIpc) is 2.40. The van der Waals surface area contributed by atoms with Crippen molar-refractivity contribution in [1.29, 1.82) is 0 Å². The zero-order valence-electron chi connectivity index (χ0n) is 14.6. The van der Waals surface area contributed by atoms with E-state index < -0.39 is 5.60 Å². The van der Waals surface area contributed by atoms with Gasteiger partial charge in [0.2, 0.25) is 0 Å². The van der Waals surface area contributed by atoms with Gasteiger partial charge in [0.1, 0.15) is 5.60 Å². The molecular formula is C17H32N2O3. The van der Waals surface area contributed by atoms with Crippen LogP contribution in [0.4, 0.5) is 4.79 Å². The van der Waals surface area contributed by atoms with Crippen LogP contribution >= 0.6 is 0 Å². The fourth-order valence-electron chi connectivity index (χ4n) is 3.33. The van der Waals surface area contributed by atoms with Crippen molar-refractivity contribution in [2.24, 2.45) is 5.92 Å². The molecule has 2 aliphatic rings. The first kappa shape index (κ1) is 17.5. The fraction of sp³-hybridized carbons (Fsp3) is 0.941. The quantitative estimate of drug-likeness (QED) is 0.848. The summed E-state index contributed by atoms with van der Waals surface area (Å²) in [4.78, 5) is 14.1. The Morgan fingerprint density at radius 1 is 1.36 bits per heavy atom. The molecule has 5 nitrogen and oxygen atoms in total. The first-order chi connectivity index (χ1) is 10.3. The van der Waals surface area contributed by atoms with Gasteiger partial charge in [-0.25, -0.2) is 4.79 Å². The number of likely N-dealkylation sites (tertiary alicyclic amines) is 1. The van der Waals surface area contributed by atoms with Crippen molar-refractivity contribution >= 4 is 6.09 Å². The monoisotopic (exact) mass is 312 g/mol. The van der Waals surface area contributed by atoms with Crippen LogP contribution in [0.3, 0.4) is 0 Å². The predicted molar refractivity (Wildman–Crippen MR) is 87.0 cm³/mol. The second-order valence-electron chi connectivity index (χ2n) is 7.82. The van der Waals surface area contributed by atoms with Crippen molar-refractivity contribution in [2.75, 3.05) is 33.3 Å². The molecule has 0 aromatic rings. The van der Waals surface area contributed by atoms with Gasteiger partial charge in [-0.15, -0.1) is 0 Å². The Bertz CT molecular complexity index is 369. The summed E-state index contributed by atoms with van der Waals surface area (Å²) in [6, 6.07) is 0. The van der Waals surface area contributed by atoms with E-state index >= 15 is 0 Å². The second kappa shape index (κ2) is 7.18. The summed E-state index contributed by atoms with van der Waals surface area (Å²) >= 11 is 0. The number of carbonyl (C=O) groups excluding carboxylic acids is 1. The van der Waals surface area contributed by atoms with E-state index in [1.807, 2.05) is 32.8 Å². The molecule has 0 aromatic heterocycles. The van der Waals surface area contributed by atoms with Crippen molar-refractivity contribution in [2.45, 2.75) is 64.1 Å². The highest BCUT2D eigenvalue weighted by Gasteiger charge is 2.36. The standard InChI is InChI=1S/C17H32N2O3/c1-16(2,3)22-15(20)19-10-6-8-14(11-19)7-5-9-17(21-4)12-18-13-17/h14,18H,5-13H2,1-4H3. The Morgan fingerprint density at radius 2 is 2.09 bits per heavy atom. The molecule has 0 spiro atoms. The summed E-state index contributed by atoms with van der Waals surface area (Å²) in [6.45, 7) is 9.37. The summed E-state index contributed by atoms with van der Waals surface area (Å²) in [7, 11) is 1.81. The maximum absolute atomic E-state index is 12.2. The first-order valence-electron chi connectivity index (χ1n) is 8.57. The van der Waals surface area contributed by atoms with Gasteiger partial charge in [0.05, 0.1) is 5.60 Å². The van der Waals surface area contributed by atoms with Crippen LogP contribution in [0.15, 0.2) is 0 Å². The lowest BCUT2D eigenvalue weighted by molar-refractivity contribution is -0.0595. The highest BCUT2D eigenvalue weighted by Crippen LogP contribution is 2.27. The summed E-state index contributed by atoms with van der Waals surface area (Å²) in [5, 5.41) is 3.29. The van der Waals surface area contributed by atoms with Gasteiger partial charge >= 0.3 is 6.09 Å². The second-order valence-corrected chi connectivity index (χ2v) is 7.82. The van der Waals surface area contributed by atoms with Gasteiger partial charge in [-0.1, -0.05) is 6.42 Å². The smallest absolute Gasteiger partial charge is 0.410 e. The summed E-state index contributed by atoms with van der Waals surface area (Å²) < 4.78 is 11.1.